The van der Waals surface area contributed by atoms with Crippen LogP contribution in [0, 0.1) is 6.92 Å². The molecule has 0 amide bonds. The second-order valence-electron chi connectivity index (χ2n) is 7.15. The highest BCUT2D eigenvalue weighted by Gasteiger charge is 2.28. The van der Waals surface area contributed by atoms with Crippen LogP contribution in [0.15, 0.2) is 24.5 Å². The van der Waals surface area contributed by atoms with Gasteiger partial charge in [0.05, 0.1) is 16.4 Å². The molecule has 6 heteroatoms. The molecule has 1 aliphatic carbocycles. The van der Waals surface area contributed by atoms with Gasteiger partial charge in [0.1, 0.15) is 11.5 Å². The van der Waals surface area contributed by atoms with Crippen molar-refractivity contribution in [3.63, 3.8) is 0 Å². The summed E-state index contributed by atoms with van der Waals surface area (Å²) in [7, 11) is 0. The van der Waals surface area contributed by atoms with Crippen molar-refractivity contribution in [3.8, 4) is 0 Å². The van der Waals surface area contributed by atoms with Crippen molar-refractivity contribution in [2.24, 2.45) is 0 Å². The Labute approximate surface area is 151 Å². The zero-order valence-corrected chi connectivity index (χ0v) is 15.0. The molecular weight excluding hydrogens is 334 g/mol. The summed E-state index contributed by atoms with van der Waals surface area (Å²) in [5.74, 6) is 1.67. The Kier molecular flexibility index (Phi) is 3.54. The first kappa shape index (κ1) is 15.3. The molecule has 0 spiro atoms. The minimum absolute atomic E-state index is 0.619. The first-order valence-electron chi connectivity index (χ1n) is 8.87. The third-order valence-corrected chi connectivity index (χ3v) is 5.45. The van der Waals surface area contributed by atoms with E-state index in [1.165, 1.54) is 29.8 Å². The van der Waals surface area contributed by atoms with Gasteiger partial charge in [-0.05, 0) is 31.9 Å². The van der Waals surface area contributed by atoms with Crippen molar-refractivity contribution in [1.82, 2.24) is 24.3 Å². The number of nitrogens with zero attached hydrogens (tertiary/aromatic N) is 5. The second-order valence-corrected chi connectivity index (χ2v) is 7.59. The van der Waals surface area contributed by atoms with Gasteiger partial charge >= 0.3 is 0 Å². The van der Waals surface area contributed by atoms with Crippen LogP contribution < -0.4 is 0 Å². The zero-order valence-electron chi connectivity index (χ0n) is 14.2. The molecule has 25 heavy (non-hydrogen) atoms. The van der Waals surface area contributed by atoms with Gasteiger partial charge in [0.2, 0.25) is 0 Å². The molecule has 0 N–H and O–H groups in total. The van der Waals surface area contributed by atoms with Gasteiger partial charge in [-0.3, -0.25) is 4.90 Å². The summed E-state index contributed by atoms with van der Waals surface area (Å²) in [4.78, 5) is 16.5. The first-order chi connectivity index (χ1) is 12.2. The average molecular weight is 354 g/mol. The summed E-state index contributed by atoms with van der Waals surface area (Å²) in [6.45, 7) is 4.84. The third kappa shape index (κ3) is 2.81. The fraction of sp³-hybridized carbons (Fsp3) is 0.421. The standard InChI is InChI=1S/C19H20ClN5/c1-12-17(25-10-15(20)4-5-18(25)22-12)11-24-7-6-16-14(9-24)8-21-19(23-16)13-2-3-13/h4-5,8,10,13H,2-3,6-7,9,11H2,1H3. The summed E-state index contributed by atoms with van der Waals surface area (Å²) in [6, 6.07) is 3.86. The van der Waals surface area contributed by atoms with E-state index in [2.05, 4.69) is 26.2 Å². The van der Waals surface area contributed by atoms with Crippen LogP contribution in [0.25, 0.3) is 5.65 Å². The Morgan fingerprint density at radius 2 is 2.12 bits per heavy atom. The monoisotopic (exact) mass is 353 g/mol. The number of pyridine rings is 1. The predicted octanol–water partition coefficient (Wildman–Crippen LogP) is 3.52. The van der Waals surface area contributed by atoms with Gasteiger partial charge < -0.3 is 4.40 Å². The minimum atomic E-state index is 0.619. The minimum Gasteiger partial charge on any atom is -0.301 e. The van der Waals surface area contributed by atoms with E-state index < -0.39 is 0 Å². The van der Waals surface area contributed by atoms with Gasteiger partial charge in [0, 0.05) is 55.6 Å². The Morgan fingerprint density at radius 3 is 2.96 bits per heavy atom. The molecule has 1 aliphatic heterocycles. The summed E-state index contributed by atoms with van der Waals surface area (Å²) in [5, 5.41) is 0.733. The van der Waals surface area contributed by atoms with E-state index >= 15 is 0 Å². The highest BCUT2D eigenvalue weighted by atomic mass is 35.5. The highest BCUT2D eigenvalue weighted by Crippen LogP contribution is 2.38. The molecular formula is C19H20ClN5. The lowest BCUT2D eigenvalue weighted by Crippen LogP contribution is -2.31. The van der Waals surface area contributed by atoms with E-state index in [4.69, 9.17) is 16.6 Å². The fourth-order valence-electron chi connectivity index (χ4n) is 3.65. The Bertz CT molecular complexity index is 960. The van der Waals surface area contributed by atoms with E-state index in [0.29, 0.717) is 5.92 Å². The Hall–Kier alpha value is -1.98. The molecule has 5 nitrogen and oxygen atoms in total. The molecule has 0 bridgehead atoms. The lowest BCUT2D eigenvalue weighted by atomic mass is 10.1. The normalized spacial score (nSPS) is 17.8. The Balaban J connectivity index is 1.40. The summed E-state index contributed by atoms with van der Waals surface area (Å²) >= 11 is 6.18. The van der Waals surface area contributed by atoms with Gasteiger partial charge in [0.25, 0.3) is 0 Å². The van der Waals surface area contributed by atoms with Gasteiger partial charge in [0.15, 0.2) is 0 Å². The molecule has 3 aromatic heterocycles. The molecule has 0 aromatic carbocycles. The number of hydrogen-bond acceptors (Lipinski definition) is 4. The van der Waals surface area contributed by atoms with Crippen LogP contribution in [0.1, 0.15) is 47.2 Å². The smallest absolute Gasteiger partial charge is 0.137 e. The summed E-state index contributed by atoms with van der Waals surface area (Å²) in [6.07, 6.45) is 7.49. The van der Waals surface area contributed by atoms with Crippen molar-refractivity contribution in [3.05, 3.63) is 58.0 Å². The molecule has 0 radical (unpaired) electrons. The van der Waals surface area contributed by atoms with Crippen molar-refractivity contribution in [1.29, 1.82) is 0 Å². The van der Waals surface area contributed by atoms with Gasteiger partial charge in [-0.2, -0.15) is 0 Å². The van der Waals surface area contributed by atoms with Crippen LogP contribution in [0.4, 0.5) is 0 Å². The first-order valence-corrected chi connectivity index (χ1v) is 9.25. The number of halogens is 1. The fourth-order valence-corrected chi connectivity index (χ4v) is 3.81. The number of hydrogen-bond donors (Lipinski definition) is 0. The predicted molar refractivity (Wildman–Crippen MR) is 96.8 cm³/mol. The molecule has 0 atom stereocenters. The quantitative estimate of drug-likeness (QED) is 0.722. The van der Waals surface area contributed by atoms with Crippen LogP contribution in [0.5, 0.6) is 0 Å². The number of aryl methyl sites for hydroxylation is 1. The lowest BCUT2D eigenvalue weighted by Gasteiger charge is -2.28. The van der Waals surface area contributed by atoms with Crippen molar-refractivity contribution in [2.45, 2.75) is 45.2 Å². The van der Waals surface area contributed by atoms with Gasteiger partial charge in [-0.25, -0.2) is 15.0 Å². The number of imidazole rings is 1. The maximum Gasteiger partial charge on any atom is 0.137 e. The topological polar surface area (TPSA) is 46.3 Å². The maximum absolute atomic E-state index is 6.18. The largest absolute Gasteiger partial charge is 0.301 e. The molecule has 4 heterocycles. The highest BCUT2D eigenvalue weighted by molar-refractivity contribution is 6.30. The molecule has 2 aliphatic rings. The van der Waals surface area contributed by atoms with Gasteiger partial charge in [-0.15, -0.1) is 0 Å². The van der Waals surface area contributed by atoms with Crippen LogP contribution in [-0.4, -0.2) is 30.8 Å². The summed E-state index contributed by atoms with van der Waals surface area (Å²) in [5.41, 5.74) is 5.72. The number of rotatable bonds is 3. The van der Waals surface area contributed by atoms with Crippen LogP contribution >= 0.6 is 11.6 Å². The molecule has 1 saturated carbocycles. The van der Waals surface area contributed by atoms with Crippen molar-refractivity contribution >= 4 is 17.2 Å². The molecule has 1 fully saturated rings. The number of fused-ring (bicyclic) bond motifs is 2. The van der Waals surface area contributed by atoms with E-state index in [1.54, 1.807) is 0 Å². The second kappa shape index (κ2) is 5.78. The van der Waals surface area contributed by atoms with Crippen LogP contribution in [0.3, 0.4) is 0 Å². The summed E-state index contributed by atoms with van der Waals surface area (Å²) < 4.78 is 2.11. The SMILES string of the molecule is Cc1nc2ccc(Cl)cn2c1CN1CCc2nc(C3CC3)ncc2C1. The van der Waals surface area contributed by atoms with Crippen molar-refractivity contribution < 1.29 is 0 Å². The van der Waals surface area contributed by atoms with E-state index in [9.17, 15) is 0 Å². The van der Waals surface area contributed by atoms with E-state index in [-0.39, 0.29) is 0 Å². The van der Waals surface area contributed by atoms with E-state index in [0.717, 1.165) is 48.2 Å². The molecule has 0 saturated heterocycles. The molecule has 5 rings (SSSR count). The van der Waals surface area contributed by atoms with E-state index in [1.807, 2.05) is 24.5 Å². The Morgan fingerprint density at radius 1 is 1.24 bits per heavy atom. The molecule has 128 valence electrons. The van der Waals surface area contributed by atoms with Crippen molar-refractivity contribution in [2.75, 3.05) is 6.54 Å². The average Bonchev–Trinajstić information content (AvgIpc) is 3.41. The molecule has 3 aromatic rings. The maximum atomic E-state index is 6.18. The number of aromatic nitrogens is 4. The van der Waals surface area contributed by atoms with Crippen LogP contribution in [-0.2, 0) is 19.5 Å². The third-order valence-electron chi connectivity index (χ3n) is 5.23. The zero-order chi connectivity index (χ0) is 17.0. The lowest BCUT2D eigenvalue weighted by molar-refractivity contribution is 0.238. The van der Waals surface area contributed by atoms with Crippen LogP contribution in [0.2, 0.25) is 5.02 Å². The molecule has 0 unspecified atom stereocenters. The van der Waals surface area contributed by atoms with Gasteiger partial charge in [-0.1, -0.05) is 11.6 Å².